The third kappa shape index (κ3) is 2.27. The van der Waals surface area contributed by atoms with Crippen molar-refractivity contribution in [2.24, 2.45) is 0 Å². The van der Waals surface area contributed by atoms with Gasteiger partial charge in [0.15, 0.2) is 0 Å². The molecule has 2 nitrogen and oxygen atoms in total. The minimum Gasteiger partial charge on any atom is -0.306 e. The molecule has 1 heterocycles. The summed E-state index contributed by atoms with van der Waals surface area (Å²) in [5.74, 6) is 0. The maximum absolute atomic E-state index is 5.85. The molecule has 0 aliphatic carbocycles. The summed E-state index contributed by atoms with van der Waals surface area (Å²) >= 11 is 5.85. The van der Waals surface area contributed by atoms with Gasteiger partial charge in [-0.05, 0) is 24.3 Å². The van der Waals surface area contributed by atoms with Gasteiger partial charge in [0.25, 0.3) is 0 Å². The number of rotatable bonds is 1. The van der Waals surface area contributed by atoms with Crippen LogP contribution >= 0.6 is 11.6 Å². The zero-order chi connectivity index (χ0) is 11.8. The van der Waals surface area contributed by atoms with E-state index >= 15 is 0 Å². The van der Waals surface area contributed by atoms with E-state index in [-0.39, 0.29) is 5.41 Å². The number of aromatic nitrogens is 2. The van der Waals surface area contributed by atoms with E-state index in [0.29, 0.717) is 0 Å². The lowest BCUT2D eigenvalue weighted by Gasteiger charge is -2.14. The van der Waals surface area contributed by atoms with Crippen molar-refractivity contribution in [3.8, 4) is 5.69 Å². The van der Waals surface area contributed by atoms with Gasteiger partial charge in [0, 0.05) is 22.3 Å². The fraction of sp³-hybridized carbons (Fsp3) is 0.308. The third-order valence-corrected chi connectivity index (χ3v) is 2.73. The number of hydrogen-bond acceptors (Lipinski definition) is 1. The molecule has 3 heteroatoms. The molecule has 84 valence electrons. The molecular weight excluding hydrogens is 220 g/mol. The molecule has 2 rings (SSSR count). The van der Waals surface area contributed by atoms with Gasteiger partial charge in [-0.1, -0.05) is 32.4 Å². The van der Waals surface area contributed by atoms with Crippen molar-refractivity contribution in [1.82, 2.24) is 9.55 Å². The minimum atomic E-state index is 0.0810. The zero-order valence-electron chi connectivity index (χ0n) is 9.74. The molecule has 0 radical (unpaired) electrons. The van der Waals surface area contributed by atoms with Crippen molar-refractivity contribution in [1.29, 1.82) is 0 Å². The van der Waals surface area contributed by atoms with E-state index in [1.807, 2.05) is 35.2 Å². The summed E-state index contributed by atoms with van der Waals surface area (Å²) in [6.45, 7) is 6.46. The number of halogens is 1. The van der Waals surface area contributed by atoms with Crippen LogP contribution in [0.4, 0.5) is 0 Å². The first-order chi connectivity index (χ1) is 7.47. The SMILES string of the molecule is CC(C)(C)c1cn(-c2ccc(Cl)cc2)cn1. The van der Waals surface area contributed by atoms with Crippen LogP contribution in [0.3, 0.4) is 0 Å². The fourth-order valence-electron chi connectivity index (χ4n) is 1.46. The van der Waals surface area contributed by atoms with Crippen LogP contribution in [-0.4, -0.2) is 9.55 Å². The first-order valence-corrected chi connectivity index (χ1v) is 5.65. The topological polar surface area (TPSA) is 17.8 Å². The standard InChI is InChI=1S/C13H15ClN2/c1-13(2,3)12-8-16(9-15-12)11-6-4-10(14)5-7-11/h4-9H,1-3H3. The summed E-state index contributed by atoms with van der Waals surface area (Å²) in [6.07, 6.45) is 3.90. The molecule has 0 aliphatic rings. The van der Waals surface area contributed by atoms with Gasteiger partial charge in [-0.15, -0.1) is 0 Å². The summed E-state index contributed by atoms with van der Waals surface area (Å²) in [5, 5.41) is 0.750. The number of imidazole rings is 1. The predicted molar refractivity (Wildman–Crippen MR) is 67.3 cm³/mol. The van der Waals surface area contributed by atoms with E-state index < -0.39 is 0 Å². The van der Waals surface area contributed by atoms with Gasteiger partial charge in [0.1, 0.15) is 0 Å². The van der Waals surface area contributed by atoms with Gasteiger partial charge < -0.3 is 4.57 Å². The van der Waals surface area contributed by atoms with E-state index in [4.69, 9.17) is 11.6 Å². The molecule has 0 spiro atoms. The molecule has 2 aromatic rings. The van der Waals surface area contributed by atoms with E-state index in [9.17, 15) is 0 Å². The third-order valence-electron chi connectivity index (χ3n) is 2.48. The van der Waals surface area contributed by atoms with Crippen LogP contribution in [0.2, 0.25) is 5.02 Å². The van der Waals surface area contributed by atoms with Crippen LogP contribution in [-0.2, 0) is 5.41 Å². The fourth-order valence-corrected chi connectivity index (χ4v) is 1.59. The second kappa shape index (κ2) is 3.95. The monoisotopic (exact) mass is 234 g/mol. The summed E-state index contributed by atoms with van der Waals surface area (Å²) in [5.41, 5.74) is 2.24. The van der Waals surface area contributed by atoms with Gasteiger partial charge in [-0.2, -0.15) is 0 Å². The molecule has 0 N–H and O–H groups in total. The van der Waals surface area contributed by atoms with Gasteiger partial charge in [0.2, 0.25) is 0 Å². The van der Waals surface area contributed by atoms with Gasteiger partial charge in [-0.3, -0.25) is 0 Å². The van der Waals surface area contributed by atoms with Crippen molar-refractivity contribution in [2.45, 2.75) is 26.2 Å². The van der Waals surface area contributed by atoms with Gasteiger partial charge >= 0.3 is 0 Å². The van der Waals surface area contributed by atoms with Gasteiger partial charge in [0.05, 0.1) is 12.0 Å². The molecule has 0 unspecified atom stereocenters. The van der Waals surface area contributed by atoms with Crippen LogP contribution < -0.4 is 0 Å². The Morgan fingerprint density at radius 3 is 2.25 bits per heavy atom. The second-order valence-corrected chi connectivity index (χ2v) is 5.33. The Balaban J connectivity index is 2.35. The predicted octanol–water partition coefficient (Wildman–Crippen LogP) is 3.82. The number of benzene rings is 1. The van der Waals surface area contributed by atoms with Crippen molar-refractivity contribution >= 4 is 11.6 Å². The first kappa shape index (κ1) is 11.2. The van der Waals surface area contributed by atoms with Crippen LogP contribution in [0.15, 0.2) is 36.8 Å². The lowest BCUT2D eigenvalue weighted by molar-refractivity contribution is 0.572. The molecule has 0 bridgehead atoms. The highest BCUT2D eigenvalue weighted by atomic mass is 35.5. The molecule has 1 aromatic carbocycles. The largest absolute Gasteiger partial charge is 0.306 e. The molecule has 0 amide bonds. The van der Waals surface area contributed by atoms with E-state index in [1.54, 1.807) is 0 Å². The highest BCUT2D eigenvalue weighted by molar-refractivity contribution is 6.30. The van der Waals surface area contributed by atoms with Crippen LogP contribution in [0.1, 0.15) is 26.5 Å². The Morgan fingerprint density at radius 2 is 1.75 bits per heavy atom. The van der Waals surface area contributed by atoms with Crippen LogP contribution in [0.5, 0.6) is 0 Å². The molecule has 0 fully saturated rings. The summed E-state index contributed by atoms with van der Waals surface area (Å²) in [4.78, 5) is 4.42. The molecule has 0 atom stereocenters. The van der Waals surface area contributed by atoms with E-state index in [1.165, 1.54) is 0 Å². The number of nitrogens with zero attached hydrogens (tertiary/aromatic N) is 2. The zero-order valence-corrected chi connectivity index (χ0v) is 10.5. The van der Waals surface area contributed by atoms with Crippen molar-refractivity contribution in [2.75, 3.05) is 0 Å². The highest BCUT2D eigenvalue weighted by Gasteiger charge is 2.16. The van der Waals surface area contributed by atoms with Crippen molar-refractivity contribution < 1.29 is 0 Å². The Bertz CT molecular complexity index is 477. The Hall–Kier alpha value is -1.28. The van der Waals surface area contributed by atoms with Crippen molar-refractivity contribution in [3.63, 3.8) is 0 Å². The first-order valence-electron chi connectivity index (χ1n) is 5.27. The minimum absolute atomic E-state index is 0.0810. The van der Waals surface area contributed by atoms with Gasteiger partial charge in [-0.25, -0.2) is 4.98 Å². The molecular formula is C13H15ClN2. The molecule has 0 saturated carbocycles. The Kier molecular flexibility index (Phi) is 2.76. The maximum atomic E-state index is 5.85. The summed E-state index contributed by atoms with van der Waals surface area (Å²) < 4.78 is 2.01. The number of hydrogen-bond donors (Lipinski definition) is 0. The summed E-state index contributed by atoms with van der Waals surface area (Å²) in [6, 6.07) is 7.73. The maximum Gasteiger partial charge on any atom is 0.0995 e. The Morgan fingerprint density at radius 1 is 1.12 bits per heavy atom. The average molecular weight is 235 g/mol. The molecule has 0 aliphatic heterocycles. The van der Waals surface area contributed by atoms with Crippen molar-refractivity contribution in [3.05, 3.63) is 47.5 Å². The molecule has 1 aromatic heterocycles. The van der Waals surface area contributed by atoms with E-state index in [2.05, 4.69) is 32.0 Å². The van der Waals surface area contributed by atoms with Crippen LogP contribution in [0, 0.1) is 0 Å². The molecule has 0 saturated heterocycles. The normalized spacial score (nSPS) is 11.8. The lowest BCUT2D eigenvalue weighted by atomic mass is 9.93. The highest BCUT2D eigenvalue weighted by Crippen LogP contribution is 2.21. The second-order valence-electron chi connectivity index (χ2n) is 4.89. The Labute approximate surface area is 101 Å². The lowest BCUT2D eigenvalue weighted by Crippen LogP contribution is -2.11. The summed E-state index contributed by atoms with van der Waals surface area (Å²) in [7, 11) is 0. The van der Waals surface area contributed by atoms with Crippen LogP contribution in [0.25, 0.3) is 5.69 Å². The smallest absolute Gasteiger partial charge is 0.0995 e. The quantitative estimate of drug-likeness (QED) is 0.734. The molecule has 16 heavy (non-hydrogen) atoms. The average Bonchev–Trinajstić information content (AvgIpc) is 2.67. The van der Waals surface area contributed by atoms with E-state index in [0.717, 1.165) is 16.4 Å².